The second-order valence-corrected chi connectivity index (χ2v) is 8.73. The van der Waals surface area contributed by atoms with Gasteiger partial charge in [0.1, 0.15) is 12.8 Å². The summed E-state index contributed by atoms with van der Waals surface area (Å²) in [7, 11) is 0. The fourth-order valence-electron chi connectivity index (χ4n) is 4.66. The maximum Gasteiger partial charge on any atom is 0.353 e. The molecular formula is C27H25N3O5. The van der Waals surface area contributed by atoms with Gasteiger partial charge in [-0.2, -0.15) is 4.98 Å². The van der Waals surface area contributed by atoms with Crippen molar-refractivity contribution in [1.82, 2.24) is 14.5 Å². The molecule has 0 amide bonds. The first-order valence-electron chi connectivity index (χ1n) is 11.8. The maximum atomic E-state index is 13.2. The number of rotatable bonds is 7. The van der Waals surface area contributed by atoms with Gasteiger partial charge in [0.15, 0.2) is 0 Å². The third-order valence-corrected chi connectivity index (χ3v) is 6.40. The first-order chi connectivity index (χ1) is 17.2. The molecule has 5 heterocycles. The predicted molar refractivity (Wildman–Crippen MR) is 128 cm³/mol. The molecule has 1 aromatic carbocycles. The standard InChI is InChI=1S/C27H25N3O5/c31-27-29-25(34-17-21-7-4-11-33-21)14-24-22-8-2-1-5-18(22)13-26(30(24)27)35-16-20-6-3-9-23(28-20)19-10-12-32-15-19/h1-3,5-6,8-10,12,14-15,21,26H,4,7,11,13,16-17H2. The van der Waals surface area contributed by atoms with E-state index in [2.05, 4.69) is 16.0 Å². The fraction of sp³-hybridized carbons (Fsp3) is 0.296. The summed E-state index contributed by atoms with van der Waals surface area (Å²) >= 11 is 0. The normalized spacial score (nSPS) is 18.7. The molecule has 4 aromatic rings. The molecule has 1 saturated heterocycles. The molecule has 35 heavy (non-hydrogen) atoms. The number of pyridine rings is 1. The van der Waals surface area contributed by atoms with E-state index in [-0.39, 0.29) is 12.7 Å². The molecule has 2 atom stereocenters. The summed E-state index contributed by atoms with van der Waals surface area (Å²) in [6.45, 7) is 1.39. The lowest BCUT2D eigenvalue weighted by Gasteiger charge is -2.29. The van der Waals surface area contributed by atoms with Crippen LogP contribution in [0.3, 0.4) is 0 Å². The van der Waals surface area contributed by atoms with Gasteiger partial charge >= 0.3 is 5.69 Å². The van der Waals surface area contributed by atoms with Gasteiger partial charge in [-0.3, -0.25) is 9.55 Å². The number of hydrogen-bond donors (Lipinski definition) is 0. The van der Waals surface area contributed by atoms with Crippen molar-refractivity contribution in [2.75, 3.05) is 13.2 Å². The van der Waals surface area contributed by atoms with Gasteiger partial charge in [0, 0.05) is 30.2 Å². The van der Waals surface area contributed by atoms with E-state index in [4.69, 9.17) is 18.6 Å². The molecule has 0 N–H and O–H groups in total. The SMILES string of the molecule is O=c1nc(OCC2CCCO2)cc2n1C(OCc1cccc(-c3ccoc3)n1)Cc1ccccc1-2. The molecule has 0 radical (unpaired) electrons. The molecule has 0 bridgehead atoms. The van der Waals surface area contributed by atoms with Crippen molar-refractivity contribution < 1.29 is 18.6 Å². The third-order valence-electron chi connectivity index (χ3n) is 6.40. The molecule has 8 nitrogen and oxygen atoms in total. The lowest BCUT2D eigenvalue weighted by molar-refractivity contribution is -0.0147. The van der Waals surface area contributed by atoms with Gasteiger partial charge in [0.2, 0.25) is 5.88 Å². The van der Waals surface area contributed by atoms with Crippen LogP contribution in [0.1, 0.15) is 30.3 Å². The minimum absolute atomic E-state index is 0.0456. The van der Waals surface area contributed by atoms with E-state index in [0.29, 0.717) is 18.9 Å². The van der Waals surface area contributed by atoms with Crippen LogP contribution in [-0.2, 0) is 22.5 Å². The smallest absolute Gasteiger partial charge is 0.353 e. The Morgan fingerprint density at radius 1 is 1.09 bits per heavy atom. The van der Waals surface area contributed by atoms with Gasteiger partial charge in [0.25, 0.3) is 0 Å². The van der Waals surface area contributed by atoms with E-state index in [1.54, 1.807) is 17.1 Å². The first-order valence-corrected chi connectivity index (χ1v) is 11.8. The topological polar surface area (TPSA) is 88.6 Å². The molecule has 3 aromatic heterocycles. The Hall–Kier alpha value is -3.75. The molecule has 2 aliphatic heterocycles. The Kier molecular flexibility index (Phi) is 5.89. The Balaban J connectivity index is 1.27. The van der Waals surface area contributed by atoms with Gasteiger partial charge in [0.05, 0.1) is 42.3 Å². The average molecular weight is 472 g/mol. The molecule has 178 valence electrons. The number of hydrogen-bond acceptors (Lipinski definition) is 7. The molecular weight excluding hydrogens is 446 g/mol. The second kappa shape index (κ2) is 9.48. The summed E-state index contributed by atoms with van der Waals surface area (Å²) in [5.74, 6) is 0.307. The van der Waals surface area contributed by atoms with E-state index in [9.17, 15) is 4.79 Å². The molecule has 6 rings (SSSR count). The minimum Gasteiger partial charge on any atom is -0.475 e. The number of ether oxygens (including phenoxy) is 3. The Labute approximate surface area is 202 Å². The van der Waals surface area contributed by atoms with E-state index < -0.39 is 11.9 Å². The number of fused-ring (bicyclic) bond motifs is 3. The minimum atomic E-state index is -0.508. The van der Waals surface area contributed by atoms with Crippen molar-refractivity contribution in [3.8, 4) is 28.4 Å². The predicted octanol–water partition coefficient (Wildman–Crippen LogP) is 4.39. The van der Waals surface area contributed by atoms with Crippen LogP contribution in [0, 0.1) is 0 Å². The molecule has 2 unspecified atom stereocenters. The van der Waals surface area contributed by atoms with E-state index in [0.717, 1.165) is 53.2 Å². The number of nitrogens with zero attached hydrogens (tertiary/aromatic N) is 3. The highest BCUT2D eigenvalue weighted by atomic mass is 16.5. The van der Waals surface area contributed by atoms with Crippen molar-refractivity contribution in [3.63, 3.8) is 0 Å². The molecule has 0 aliphatic carbocycles. The van der Waals surface area contributed by atoms with Crippen LogP contribution in [0.25, 0.3) is 22.5 Å². The van der Waals surface area contributed by atoms with Crippen LogP contribution in [0.5, 0.6) is 5.88 Å². The third kappa shape index (κ3) is 4.50. The van der Waals surface area contributed by atoms with Crippen molar-refractivity contribution in [2.24, 2.45) is 0 Å². The van der Waals surface area contributed by atoms with Crippen LogP contribution >= 0.6 is 0 Å². The Morgan fingerprint density at radius 3 is 2.89 bits per heavy atom. The summed E-state index contributed by atoms with van der Waals surface area (Å²) in [5.41, 5.74) is 4.90. The molecule has 0 saturated carbocycles. The number of aromatic nitrogens is 3. The van der Waals surface area contributed by atoms with Crippen LogP contribution in [-0.4, -0.2) is 33.9 Å². The second-order valence-electron chi connectivity index (χ2n) is 8.73. The summed E-state index contributed by atoms with van der Waals surface area (Å²) in [4.78, 5) is 22.0. The van der Waals surface area contributed by atoms with Crippen molar-refractivity contribution in [2.45, 2.75) is 38.2 Å². The number of benzene rings is 1. The lowest BCUT2D eigenvalue weighted by atomic mass is 9.97. The van der Waals surface area contributed by atoms with Crippen molar-refractivity contribution in [1.29, 1.82) is 0 Å². The zero-order chi connectivity index (χ0) is 23.6. The van der Waals surface area contributed by atoms with Gasteiger partial charge < -0.3 is 18.6 Å². The number of furan rings is 1. The molecule has 0 spiro atoms. The van der Waals surface area contributed by atoms with Crippen LogP contribution in [0.2, 0.25) is 0 Å². The fourth-order valence-corrected chi connectivity index (χ4v) is 4.66. The van der Waals surface area contributed by atoms with Gasteiger partial charge in [-0.05, 0) is 36.6 Å². The maximum absolute atomic E-state index is 13.2. The monoisotopic (exact) mass is 471 g/mol. The quantitative estimate of drug-likeness (QED) is 0.395. The summed E-state index contributed by atoms with van der Waals surface area (Å²) in [5, 5.41) is 0. The summed E-state index contributed by atoms with van der Waals surface area (Å²) < 4.78 is 24.5. The average Bonchev–Trinajstić information content (AvgIpc) is 3.61. The van der Waals surface area contributed by atoms with E-state index in [1.165, 1.54) is 0 Å². The molecule has 1 fully saturated rings. The van der Waals surface area contributed by atoms with Crippen molar-refractivity contribution >= 4 is 0 Å². The highest BCUT2D eigenvalue weighted by Gasteiger charge is 2.28. The van der Waals surface area contributed by atoms with Crippen LogP contribution in [0.15, 0.2) is 76.3 Å². The Bertz CT molecular complexity index is 1380. The zero-order valence-corrected chi connectivity index (χ0v) is 19.1. The molecule has 2 aliphatic rings. The lowest BCUT2D eigenvalue weighted by Crippen LogP contribution is -2.34. The van der Waals surface area contributed by atoms with E-state index in [1.807, 2.05) is 48.5 Å². The van der Waals surface area contributed by atoms with Gasteiger partial charge in [-0.15, -0.1) is 0 Å². The largest absolute Gasteiger partial charge is 0.475 e. The summed E-state index contributed by atoms with van der Waals surface area (Å²) in [6.07, 6.45) is 5.36. The molecule has 8 heteroatoms. The highest BCUT2D eigenvalue weighted by molar-refractivity contribution is 5.66. The highest BCUT2D eigenvalue weighted by Crippen LogP contribution is 2.35. The first kappa shape index (κ1) is 21.8. The van der Waals surface area contributed by atoms with Gasteiger partial charge in [-0.1, -0.05) is 30.3 Å². The van der Waals surface area contributed by atoms with E-state index >= 15 is 0 Å². The van der Waals surface area contributed by atoms with Crippen molar-refractivity contribution in [3.05, 3.63) is 88.9 Å². The summed E-state index contributed by atoms with van der Waals surface area (Å²) in [6, 6.07) is 17.5. The van der Waals surface area contributed by atoms with Crippen LogP contribution < -0.4 is 10.4 Å². The van der Waals surface area contributed by atoms with Gasteiger partial charge in [-0.25, -0.2) is 4.79 Å². The van der Waals surface area contributed by atoms with Crippen LogP contribution in [0.4, 0.5) is 0 Å². The zero-order valence-electron chi connectivity index (χ0n) is 19.1. The Morgan fingerprint density at radius 2 is 2.03 bits per heavy atom.